The van der Waals surface area contributed by atoms with E-state index < -0.39 is 0 Å². The molecular formula is C24H34N4O. The minimum Gasteiger partial charge on any atom is -0.342 e. The van der Waals surface area contributed by atoms with Crippen molar-refractivity contribution in [1.82, 2.24) is 19.6 Å². The Bertz CT molecular complexity index is 779. The third-order valence-electron chi connectivity index (χ3n) is 6.84. The normalized spacial score (nSPS) is 22.0. The van der Waals surface area contributed by atoms with Crippen LogP contribution in [-0.2, 0) is 24.8 Å². The van der Waals surface area contributed by atoms with Crippen molar-refractivity contribution in [1.29, 1.82) is 0 Å². The quantitative estimate of drug-likeness (QED) is 0.753. The molecule has 4 rings (SSSR count). The summed E-state index contributed by atoms with van der Waals surface area (Å²) < 4.78 is 1.96. The molecule has 5 heteroatoms. The van der Waals surface area contributed by atoms with Crippen LogP contribution in [0.15, 0.2) is 42.6 Å². The summed E-state index contributed by atoms with van der Waals surface area (Å²) in [6.07, 6.45) is 8.53. The summed E-state index contributed by atoms with van der Waals surface area (Å²) in [6.45, 7) is 4.93. The highest BCUT2D eigenvalue weighted by Crippen LogP contribution is 2.32. The lowest BCUT2D eigenvalue weighted by Crippen LogP contribution is -2.43. The fourth-order valence-electron chi connectivity index (χ4n) is 5.00. The van der Waals surface area contributed by atoms with Gasteiger partial charge in [0, 0.05) is 38.8 Å². The second kappa shape index (κ2) is 9.57. The van der Waals surface area contributed by atoms with Crippen LogP contribution in [-0.4, -0.2) is 51.7 Å². The number of nitrogens with zero attached hydrogens (tertiary/aromatic N) is 4. The number of rotatable bonds is 6. The summed E-state index contributed by atoms with van der Waals surface area (Å²) in [5, 5.41) is 4.28. The number of amides is 1. The highest BCUT2D eigenvalue weighted by atomic mass is 16.2. The van der Waals surface area contributed by atoms with E-state index in [0.717, 1.165) is 64.8 Å². The summed E-state index contributed by atoms with van der Waals surface area (Å²) in [5.41, 5.74) is 2.59. The average molecular weight is 395 g/mol. The Morgan fingerprint density at radius 1 is 1.00 bits per heavy atom. The van der Waals surface area contributed by atoms with E-state index in [0.29, 0.717) is 11.8 Å². The number of hydrogen-bond donors (Lipinski definition) is 0. The molecule has 1 aromatic heterocycles. The van der Waals surface area contributed by atoms with E-state index in [1.165, 1.54) is 17.7 Å². The Morgan fingerprint density at radius 3 is 2.52 bits per heavy atom. The Balaban J connectivity index is 1.31. The number of carbonyl (C=O) groups is 1. The Morgan fingerprint density at radius 2 is 1.79 bits per heavy atom. The number of aromatic nitrogens is 2. The van der Waals surface area contributed by atoms with Crippen LogP contribution in [0.4, 0.5) is 0 Å². The lowest BCUT2D eigenvalue weighted by Gasteiger charge is -2.36. The van der Waals surface area contributed by atoms with Gasteiger partial charge in [0.1, 0.15) is 0 Å². The van der Waals surface area contributed by atoms with Crippen molar-refractivity contribution in [3.05, 3.63) is 53.9 Å². The van der Waals surface area contributed by atoms with Crippen molar-refractivity contribution < 1.29 is 4.79 Å². The first-order chi connectivity index (χ1) is 14.2. The smallest absolute Gasteiger partial charge is 0.225 e. The second-order valence-corrected chi connectivity index (χ2v) is 8.72. The molecule has 29 heavy (non-hydrogen) atoms. The largest absolute Gasteiger partial charge is 0.342 e. The highest BCUT2D eigenvalue weighted by Gasteiger charge is 2.35. The summed E-state index contributed by atoms with van der Waals surface area (Å²) in [7, 11) is 2.01. The maximum Gasteiger partial charge on any atom is 0.225 e. The molecule has 2 fully saturated rings. The van der Waals surface area contributed by atoms with Crippen molar-refractivity contribution in [2.45, 2.75) is 45.1 Å². The molecule has 0 unspecified atom stereocenters. The lowest BCUT2D eigenvalue weighted by molar-refractivity contribution is -0.137. The molecular weight excluding hydrogens is 360 g/mol. The van der Waals surface area contributed by atoms with Crippen LogP contribution in [0, 0.1) is 11.8 Å². The van der Waals surface area contributed by atoms with Gasteiger partial charge in [0.25, 0.3) is 0 Å². The van der Waals surface area contributed by atoms with Gasteiger partial charge in [-0.3, -0.25) is 14.4 Å². The van der Waals surface area contributed by atoms with Gasteiger partial charge >= 0.3 is 0 Å². The molecule has 1 aromatic carbocycles. The Hall–Kier alpha value is -2.14. The minimum absolute atomic E-state index is 0.229. The SMILES string of the molecule is Cn1nccc1CN1CCC([C@@H]2CCCCN(CCc3ccccc3)C2=O)CC1. The Kier molecular flexibility index (Phi) is 6.65. The maximum atomic E-state index is 13.3. The van der Waals surface area contributed by atoms with Gasteiger partial charge in [-0.1, -0.05) is 36.8 Å². The van der Waals surface area contributed by atoms with Crippen LogP contribution in [0.5, 0.6) is 0 Å². The third kappa shape index (κ3) is 5.08. The van der Waals surface area contributed by atoms with E-state index in [9.17, 15) is 4.79 Å². The first kappa shape index (κ1) is 20.1. The number of carbonyl (C=O) groups excluding carboxylic acids is 1. The van der Waals surface area contributed by atoms with E-state index in [4.69, 9.17) is 0 Å². The van der Waals surface area contributed by atoms with Gasteiger partial charge in [-0.15, -0.1) is 0 Å². The molecule has 0 radical (unpaired) electrons. The van der Waals surface area contributed by atoms with E-state index >= 15 is 0 Å². The summed E-state index contributed by atoms with van der Waals surface area (Å²) in [4.78, 5) is 18.0. The third-order valence-corrected chi connectivity index (χ3v) is 6.84. The van der Waals surface area contributed by atoms with Crippen molar-refractivity contribution in [3.63, 3.8) is 0 Å². The van der Waals surface area contributed by atoms with Crippen molar-refractivity contribution in [2.24, 2.45) is 18.9 Å². The van der Waals surface area contributed by atoms with Gasteiger partial charge in [0.05, 0.1) is 5.69 Å². The van der Waals surface area contributed by atoms with Gasteiger partial charge < -0.3 is 4.90 Å². The molecule has 1 amide bonds. The van der Waals surface area contributed by atoms with E-state index in [2.05, 4.69) is 51.3 Å². The molecule has 5 nitrogen and oxygen atoms in total. The van der Waals surface area contributed by atoms with Crippen LogP contribution in [0.3, 0.4) is 0 Å². The molecule has 2 aliphatic rings. The van der Waals surface area contributed by atoms with E-state index in [-0.39, 0.29) is 5.92 Å². The Labute approximate surface area is 174 Å². The lowest BCUT2D eigenvalue weighted by atomic mass is 9.81. The van der Waals surface area contributed by atoms with Crippen molar-refractivity contribution >= 4 is 5.91 Å². The van der Waals surface area contributed by atoms with Gasteiger partial charge in [-0.2, -0.15) is 5.10 Å². The minimum atomic E-state index is 0.229. The molecule has 0 bridgehead atoms. The first-order valence-corrected chi connectivity index (χ1v) is 11.2. The van der Waals surface area contributed by atoms with Gasteiger partial charge in [0.2, 0.25) is 5.91 Å². The second-order valence-electron chi connectivity index (χ2n) is 8.72. The monoisotopic (exact) mass is 394 g/mol. The summed E-state index contributed by atoms with van der Waals surface area (Å²) >= 11 is 0. The molecule has 0 saturated carbocycles. The predicted molar refractivity (Wildman–Crippen MR) is 115 cm³/mol. The molecule has 2 aromatic rings. The van der Waals surface area contributed by atoms with Gasteiger partial charge in [0.15, 0.2) is 0 Å². The molecule has 2 saturated heterocycles. The first-order valence-electron chi connectivity index (χ1n) is 11.2. The van der Waals surface area contributed by atoms with E-state index in [1.54, 1.807) is 0 Å². The fraction of sp³-hybridized carbons (Fsp3) is 0.583. The molecule has 156 valence electrons. The van der Waals surface area contributed by atoms with Gasteiger partial charge in [-0.25, -0.2) is 0 Å². The zero-order valence-electron chi connectivity index (χ0n) is 17.7. The highest BCUT2D eigenvalue weighted by molar-refractivity contribution is 5.79. The zero-order chi connectivity index (χ0) is 20.1. The number of piperidine rings is 1. The number of aryl methyl sites for hydroxylation is 1. The number of hydrogen-bond acceptors (Lipinski definition) is 3. The standard InChI is InChI=1S/C24H34N4O/c1-26-22(10-14-25-26)19-27-16-12-21(13-17-27)23-9-5-6-15-28(24(23)29)18-11-20-7-3-2-4-8-20/h2-4,7-8,10,14,21,23H,5-6,9,11-13,15-19H2,1H3/t23-/m0/s1. The number of likely N-dealkylation sites (tertiary alicyclic amines) is 2. The summed E-state index contributed by atoms with van der Waals surface area (Å²) in [5.74, 6) is 1.19. The van der Waals surface area contributed by atoms with E-state index in [1.807, 2.05) is 17.9 Å². The average Bonchev–Trinajstić information content (AvgIpc) is 3.06. The molecule has 1 atom stereocenters. The molecule has 3 heterocycles. The van der Waals surface area contributed by atoms with Crippen molar-refractivity contribution in [3.8, 4) is 0 Å². The van der Waals surface area contributed by atoms with Gasteiger partial charge in [-0.05, 0) is 62.7 Å². The zero-order valence-corrected chi connectivity index (χ0v) is 17.7. The topological polar surface area (TPSA) is 41.4 Å². The van der Waals surface area contributed by atoms with Crippen LogP contribution >= 0.6 is 0 Å². The number of benzene rings is 1. The van der Waals surface area contributed by atoms with Crippen LogP contribution in [0.2, 0.25) is 0 Å². The predicted octanol–water partition coefficient (Wildman–Crippen LogP) is 3.50. The summed E-state index contributed by atoms with van der Waals surface area (Å²) in [6, 6.07) is 12.7. The molecule has 0 spiro atoms. The molecule has 2 aliphatic heterocycles. The van der Waals surface area contributed by atoms with Crippen molar-refractivity contribution in [2.75, 3.05) is 26.2 Å². The van der Waals surface area contributed by atoms with Crippen LogP contribution in [0.1, 0.15) is 43.4 Å². The van der Waals surface area contributed by atoms with Crippen LogP contribution < -0.4 is 0 Å². The molecule has 0 N–H and O–H groups in total. The molecule has 0 aliphatic carbocycles. The van der Waals surface area contributed by atoms with Crippen LogP contribution in [0.25, 0.3) is 0 Å². The fourth-order valence-corrected chi connectivity index (χ4v) is 5.00. The maximum absolute atomic E-state index is 13.3.